The lowest BCUT2D eigenvalue weighted by Gasteiger charge is -2.10. The zero-order valence-corrected chi connectivity index (χ0v) is 14.5. The zero-order chi connectivity index (χ0) is 15.6. The molecule has 1 aliphatic rings. The molecule has 0 aromatic heterocycles. The highest BCUT2D eigenvalue weighted by molar-refractivity contribution is 8.19. The third-order valence-electron chi connectivity index (χ3n) is 3.29. The van der Waals surface area contributed by atoms with Gasteiger partial charge in [0.05, 0.1) is 4.58 Å². The summed E-state index contributed by atoms with van der Waals surface area (Å²) >= 11 is 3.83. The van der Waals surface area contributed by atoms with E-state index >= 15 is 0 Å². The molecule has 1 aliphatic heterocycles. The number of thioether (sulfide) groups is 2. The minimum atomic E-state index is -3.77. The third-order valence-corrected chi connectivity index (χ3v) is 7.66. The first-order valence-electron chi connectivity index (χ1n) is 6.89. The Morgan fingerprint density at radius 1 is 0.955 bits per heavy atom. The number of hydrogen-bond acceptors (Lipinski definition) is 5. The molecule has 0 saturated carbocycles. The van der Waals surface area contributed by atoms with Gasteiger partial charge < -0.3 is 4.18 Å². The van der Waals surface area contributed by atoms with E-state index in [0.29, 0.717) is 10.3 Å². The molecule has 2 aromatic carbocycles. The van der Waals surface area contributed by atoms with E-state index in [0.717, 1.165) is 17.1 Å². The van der Waals surface area contributed by atoms with E-state index in [-0.39, 0.29) is 4.90 Å². The van der Waals surface area contributed by atoms with Crippen molar-refractivity contribution in [2.75, 3.05) is 11.5 Å². The minimum absolute atomic E-state index is 0.170. The minimum Gasteiger partial charge on any atom is -0.379 e. The van der Waals surface area contributed by atoms with E-state index in [1.165, 1.54) is 5.56 Å². The molecule has 0 atom stereocenters. The topological polar surface area (TPSA) is 43.4 Å². The van der Waals surface area contributed by atoms with Gasteiger partial charge in [0, 0.05) is 11.5 Å². The molecular formula is C16H16O3S3. The molecule has 0 spiro atoms. The number of hydrogen-bond donors (Lipinski definition) is 0. The van der Waals surface area contributed by atoms with Crippen LogP contribution in [0.3, 0.4) is 0 Å². The maximum Gasteiger partial charge on any atom is 0.339 e. The van der Waals surface area contributed by atoms with Crippen molar-refractivity contribution in [3.8, 4) is 5.75 Å². The summed E-state index contributed by atoms with van der Waals surface area (Å²) in [5.74, 6) is 2.67. The van der Waals surface area contributed by atoms with Crippen molar-refractivity contribution in [3.05, 3.63) is 59.7 Å². The molecule has 116 valence electrons. The van der Waals surface area contributed by atoms with Crippen LogP contribution in [0.25, 0.3) is 0 Å². The summed E-state index contributed by atoms with van der Waals surface area (Å²) in [4.78, 5) is 0.170. The first-order valence-corrected chi connectivity index (χ1v) is 10.4. The highest BCUT2D eigenvalue weighted by Gasteiger charge is 2.19. The van der Waals surface area contributed by atoms with Crippen LogP contribution in [0.4, 0.5) is 0 Å². The van der Waals surface area contributed by atoms with Gasteiger partial charge in [0.2, 0.25) is 0 Å². The van der Waals surface area contributed by atoms with E-state index in [4.69, 9.17) is 4.18 Å². The fourth-order valence-electron chi connectivity index (χ4n) is 2.11. The Kier molecular flexibility index (Phi) is 4.70. The Morgan fingerprint density at radius 2 is 1.55 bits per heavy atom. The summed E-state index contributed by atoms with van der Waals surface area (Å²) in [5, 5.41) is 0. The summed E-state index contributed by atoms with van der Waals surface area (Å²) in [5.41, 5.74) is 2.21. The average Bonchev–Trinajstić information content (AvgIpc) is 3.02. The Bertz CT molecular complexity index is 731. The van der Waals surface area contributed by atoms with Crippen molar-refractivity contribution in [2.45, 2.75) is 16.4 Å². The molecule has 0 aliphatic carbocycles. The van der Waals surface area contributed by atoms with Crippen LogP contribution >= 0.6 is 23.5 Å². The van der Waals surface area contributed by atoms with E-state index in [2.05, 4.69) is 0 Å². The molecule has 3 rings (SSSR count). The average molecular weight is 353 g/mol. The smallest absolute Gasteiger partial charge is 0.339 e. The van der Waals surface area contributed by atoms with Crippen molar-refractivity contribution in [3.63, 3.8) is 0 Å². The molecule has 0 N–H and O–H groups in total. The molecular weight excluding hydrogens is 336 g/mol. The Hall–Kier alpha value is -1.11. The van der Waals surface area contributed by atoms with Gasteiger partial charge in [0.25, 0.3) is 0 Å². The largest absolute Gasteiger partial charge is 0.379 e. The first kappa shape index (κ1) is 15.8. The van der Waals surface area contributed by atoms with Crippen LogP contribution in [0.15, 0.2) is 53.4 Å². The van der Waals surface area contributed by atoms with Crippen LogP contribution in [0.5, 0.6) is 5.75 Å². The lowest BCUT2D eigenvalue weighted by Crippen LogP contribution is -2.09. The Labute approximate surface area is 139 Å². The van der Waals surface area contributed by atoms with Gasteiger partial charge in [0.1, 0.15) is 10.6 Å². The highest BCUT2D eigenvalue weighted by atomic mass is 32.2. The van der Waals surface area contributed by atoms with Gasteiger partial charge in [-0.1, -0.05) is 29.8 Å². The van der Waals surface area contributed by atoms with Gasteiger partial charge in [0.15, 0.2) is 0 Å². The molecule has 0 unspecified atom stereocenters. The van der Waals surface area contributed by atoms with Crippen LogP contribution in [0.1, 0.15) is 15.7 Å². The van der Waals surface area contributed by atoms with Crippen molar-refractivity contribution >= 4 is 33.6 Å². The monoisotopic (exact) mass is 352 g/mol. The first-order chi connectivity index (χ1) is 10.5. The predicted octanol–water partition coefficient (Wildman–Crippen LogP) is 4.24. The van der Waals surface area contributed by atoms with Gasteiger partial charge in [-0.15, -0.1) is 23.5 Å². The second-order valence-electron chi connectivity index (χ2n) is 4.99. The Morgan fingerprint density at radius 3 is 2.14 bits per heavy atom. The lowest BCUT2D eigenvalue weighted by molar-refractivity contribution is 0.486. The third kappa shape index (κ3) is 3.62. The van der Waals surface area contributed by atoms with Gasteiger partial charge >= 0.3 is 10.1 Å². The van der Waals surface area contributed by atoms with Crippen LogP contribution < -0.4 is 4.18 Å². The fraction of sp³-hybridized carbons (Fsp3) is 0.250. The molecule has 6 heteroatoms. The summed E-state index contributed by atoms with van der Waals surface area (Å²) < 4.78 is 30.1. The van der Waals surface area contributed by atoms with Crippen LogP contribution in [0, 0.1) is 6.92 Å². The molecule has 1 heterocycles. The quantitative estimate of drug-likeness (QED) is 0.770. The van der Waals surface area contributed by atoms with E-state index in [9.17, 15) is 8.42 Å². The van der Waals surface area contributed by atoms with Crippen molar-refractivity contribution in [1.29, 1.82) is 0 Å². The molecule has 1 saturated heterocycles. The van der Waals surface area contributed by atoms with E-state index < -0.39 is 10.1 Å². The standard InChI is InChI=1S/C16H16O3S3/c1-12-2-8-15(9-3-12)22(17,18)19-14-6-4-13(5-7-14)16-20-10-11-21-16/h2-9,16H,10-11H2,1H3. The van der Waals surface area contributed by atoms with Crippen molar-refractivity contribution < 1.29 is 12.6 Å². The molecule has 2 aromatic rings. The summed E-state index contributed by atoms with van der Waals surface area (Å²) in [6.07, 6.45) is 0. The summed E-state index contributed by atoms with van der Waals surface area (Å²) in [7, 11) is -3.77. The molecule has 0 amide bonds. The zero-order valence-electron chi connectivity index (χ0n) is 12.1. The van der Waals surface area contributed by atoms with Crippen LogP contribution in [0.2, 0.25) is 0 Å². The second kappa shape index (κ2) is 6.56. The fourth-order valence-corrected chi connectivity index (χ4v) is 5.90. The Balaban J connectivity index is 1.75. The molecule has 22 heavy (non-hydrogen) atoms. The molecule has 0 bridgehead atoms. The summed E-state index contributed by atoms with van der Waals surface area (Å²) in [6, 6.07) is 14.0. The molecule has 3 nitrogen and oxygen atoms in total. The normalized spacial score (nSPS) is 15.9. The lowest BCUT2D eigenvalue weighted by atomic mass is 10.2. The maximum atomic E-state index is 12.2. The predicted molar refractivity (Wildman–Crippen MR) is 93.1 cm³/mol. The van der Waals surface area contributed by atoms with Crippen molar-refractivity contribution in [2.24, 2.45) is 0 Å². The van der Waals surface area contributed by atoms with E-state index in [1.54, 1.807) is 36.4 Å². The van der Waals surface area contributed by atoms with Crippen LogP contribution in [-0.2, 0) is 10.1 Å². The highest BCUT2D eigenvalue weighted by Crippen LogP contribution is 2.45. The maximum absolute atomic E-state index is 12.2. The molecule has 1 fully saturated rings. The summed E-state index contributed by atoms with van der Waals surface area (Å²) in [6.45, 7) is 1.91. The van der Waals surface area contributed by atoms with Crippen LogP contribution in [-0.4, -0.2) is 19.9 Å². The van der Waals surface area contributed by atoms with Gasteiger partial charge in [-0.05, 0) is 36.8 Å². The molecule has 0 radical (unpaired) electrons. The number of aryl methyl sites for hydroxylation is 1. The van der Waals surface area contributed by atoms with E-state index in [1.807, 2.05) is 42.6 Å². The van der Waals surface area contributed by atoms with Gasteiger partial charge in [-0.25, -0.2) is 0 Å². The number of rotatable bonds is 4. The number of benzene rings is 2. The second-order valence-corrected chi connectivity index (χ2v) is 9.26. The van der Waals surface area contributed by atoms with Gasteiger partial charge in [-0.3, -0.25) is 0 Å². The van der Waals surface area contributed by atoms with Gasteiger partial charge in [-0.2, -0.15) is 8.42 Å². The van der Waals surface area contributed by atoms with Crippen molar-refractivity contribution in [1.82, 2.24) is 0 Å². The SMILES string of the molecule is Cc1ccc(S(=O)(=O)Oc2ccc(C3SCCS3)cc2)cc1.